The van der Waals surface area contributed by atoms with Crippen LogP contribution in [-0.2, 0) is 9.47 Å². The van der Waals surface area contributed by atoms with Gasteiger partial charge in [0.15, 0.2) is 5.79 Å². The number of rotatable bonds is 3. The smallest absolute Gasteiger partial charge is 0.170 e. The maximum atomic E-state index is 6.17. The summed E-state index contributed by atoms with van der Waals surface area (Å²) in [6.07, 6.45) is 1.89. The number of ether oxygens (including phenoxy) is 3. The van der Waals surface area contributed by atoms with Crippen molar-refractivity contribution in [2.75, 3.05) is 20.3 Å². The molecule has 0 N–H and O–H groups in total. The van der Waals surface area contributed by atoms with Gasteiger partial charge in [-0.3, -0.25) is 0 Å². The SMILES string of the molecule is COc1cc(C)cc(-c2ccccc2P2C(C)(C)CC3(CC2(C)C)OCCO3)c1. The zero-order valence-corrected chi connectivity index (χ0v) is 19.4. The van der Waals surface area contributed by atoms with Crippen molar-refractivity contribution in [1.82, 2.24) is 0 Å². The Morgan fingerprint density at radius 1 is 0.897 bits per heavy atom. The summed E-state index contributed by atoms with van der Waals surface area (Å²) in [5.74, 6) is 0.504. The quantitative estimate of drug-likeness (QED) is 0.590. The molecule has 0 aliphatic carbocycles. The molecule has 2 aliphatic rings. The van der Waals surface area contributed by atoms with E-state index in [2.05, 4.69) is 77.1 Å². The molecule has 4 rings (SSSR count). The molecular weight excluding hydrogens is 379 g/mol. The minimum Gasteiger partial charge on any atom is -0.497 e. The van der Waals surface area contributed by atoms with Crippen molar-refractivity contribution in [3.8, 4) is 16.9 Å². The fourth-order valence-electron chi connectivity index (χ4n) is 5.65. The van der Waals surface area contributed by atoms with Crippen LogP contribution in [0.3, 0.4) is 0 Å². The van der Waals surface area contributed by atoms with E-state index in [1.165, 1.54) is 22.0 Å². The van der Waals surface area contributed by atoms with Crippen molar-refractivity contribution >= 4 is 13.2 Å². The van der Waals surface area contributed by atoms with E-state index in [1.807, 2.05) is 0 Å². The summed E-state index contributed by atoms with van der Waals surface area (Å²) < 4.78 is 17.9. The van der Waals surface area contributed by atoms with Gasteiger partial charge < -0.3 is 14.2 Å². The molecule has 4 heteroatoms. The normalized spacial score (nSPS) is 22.7. The molecule has 0 radical (unpaired) electrons. The van der Waals surface area contributed by atoms with Crippen LogP contribution in [0.15, 0.2) is 42.5 Å². The second kappa shape index (κ2) is 7.38. The monoisotopic (exact) mass is 412 g/mol. The van der Waals surface area contributed by atoms with Crippen LogP contribution in [0, 0.1) is 6.92 Å². The number of methoxy groups -OCH3 is 1. The first-order chi connectivity index (χ1) is 13.7. The van der Waals surface area contributed by atoms with E-state index >= 15 is 0 Å². The summed E-state index contributed by atoms with van der Waals surface area (Å²) in [4.78, 5) is 0. The van der Waals surface area contributed by atoms with Gasteiger partial charge in [0.1, 0.15) is 5.75 Å². The second-order valence-electron chi connectivity index (χ2n) is 9.68. The second-order valence-corrected chi connectivity index (χ2v) is 13.3. The van der Waals surface area contributed by atoms with Gasteiger partial charge in [0.05, 0.1) is 20.3 Å². The molecule has 0 aromatic heterocycles. The maximum absolute atomic E-state index is 6.17. The molecule has 2 fully saturated rings. The molecule has 0 bridgehead atoms. The highest BCUT2D eigenvalue weighted by molar-refractivity contribution is 7.69. The molecule has 0 saturated carbocycles. The van der Waals surface area contributed by atoms with Crippen LogP contribution in [-0.4, -0.2) is 36.4 Å². The summed E-state index contributed by atoms with van der Waals surface area (Å²) in [6, 6.07) is 15.5. The molecule has 0 amide bonds. The summed E-state index contributed by atoms with van der Waals surface area (Å²) in [5.41, 5.74) is 3.78. The number of benzene rings is 2. The predicted octanol–water partition coefficient (Wildman–Crippen LogP) is 5.87. The van der Waals surface area contributed by atoms with Gasteiger partial charge in [0.25, 0.3) is 0 Å². The molecule has 2 aromatic rings. The molecule has 2 aliphatic heterocycles. The lowest BCUT2D eigenvalue weighted by Crippen LogP contribution is -2.52. The van der Waals surface area contributed by atoms with Crippen molar-refractivity contribution in [2.45, 2.75) is 63.6 Å². The van der Waals surface area contributed by atoms with E-state index in [4.69, 9.17) is 14.2 Å². The number of aryl methyl sites for hydroxylation is 1. The Hall–Kier alpha value is -1.41. The van der Waals surface area contributed by atoms with E-state index in [0.717, 1.165) is 18.6 Å². The average Bonchev–Trinajstić information content (AvgIpc) is 3.06. The highest BCUT2D eigenvalue weighted by Crippen LogP contribution is 2.68. The lowest BCUT2D eigenvalue weighted by molar-refractivity contribution is -0.178. The molecule has 2 saturated heterocycles. The molecule has 29 heavy (non-hydrogen) atoms. The lowest BCUT2D eigenvalue weighted by Gasteiger charge is -2.55. The third-order valence-electron chi connectivity index (χ3n) is 6.17. The zero-order valence-electron chi connectivity index (χ0n) is 18.5. The van der Waals surface area contributed by atoms with Gasteiger partial charge in [-0.25, -0.2) is 0 Å². The van der Waals surface area contributed by atoms with Crippen LogP contribution in [0.2, 0.25) is 0 Å². The van der Waals surface area contributed by atoms with Gasteiger partial charge in [-0.05, 0) is 51.4 Å². The third kappa shape index (κ3) is 3.85. The Labute approximate surface area is 176 Å². The van der Waals surface area contributed by atoms with E-state index in [0.29, 0.717) is 13.2 Å². The van der Waals surface area contributed by atoms with Crippen molar-refractivity contribution in [3.63, 3.8) is 0 Å². The largest absolute Gasteiger partial charge is 0.497 e. The Balaban J connectivity index is 1.82. The molecule has 1 spiro atoms. The Bertz CT molecular complexity index is 877. The molecule has 3 nitrogen and oxygen atoms in total. The number of hydrogen-bond donors (Lipinski definition) is 0. The van der Waals surface area contributed by atoms with E-state index < -0.39 is 13.7 Å². The van der Waals surface area contributed by atoms with Crippen LogP contribution in [0.1, 0.15) is 46.1 Å². The topological polar surface area (TPSA) is 27.7 Å². The van der Waals surface area contributed by atoms with E-state index in [9.17, 15) is 0 Å². The minimum absolute atomic E-state index is 0.103. The summed E-state index contributed by atoms with van der Waals surface area (Å²) in [5, 5.41) is 1.68. The Morgan fingerprint density at radius 2 is 1.52 bits per heavy atom. The highest BCUT2D eigenvalue weighted by Gasteiger charge is 2.57. The molecule has 2 aromatic carbocycles. The predicted molar refractivity (Wildman–Crippen MR) is 122 cm³/mol. The van der Waals surface area contributed by atoms with Crippen molar-refractivity contribution in [2.24, 2.45) is 0 Å². The fraction of sp³-hybridized carbons (Fsp3) is 0.520. The van der Waals surface area contributed by atoms with Crippen LogP contribution in [0.5, 0.6) is 5.75 Å². The van der Waals surface area contributed by atoms with Gasteiger partial charge in [0, 0.05) is 12.8 Å². The summed E-state index contributed by atoms with van der Waals surface area (Å²) >= 11 is 0. The van der Waals surface area contributed by atoms with Crippen LogP contribution >= 0.6 is 7.92 Å². The van der Waals surface area contributed by atoms with Crippen LogP contribution in [0.25, 0.3) is 11.1 Å². The molecule has 2 heterocycles. The average molecular weight is 413 g/mol. The molecular formula is C25H33O3P. The number of hydrogen-bond acceptors (Lipinski definition) is 3. The molecule has 0 atom stereocenters. The molecule has 0 unspecified atom stereocenters. The van der Waals surface area contributed by atoms with Gasteiger partial charge >= 0.3 is 0 Å². The molecule has 156 valence electrons. The van der Waals surface area contributed by atoms with Crippen molar-refractivity contribution in [1.29, 1.82) is 0 Å². The maximum Gasteiger partial charge on any atom is 0.170 e. The van der Waals surface area contributed by atoms with Gasteiger partial charge in [0.2, 0.25) is 0 Å². The van der Waals surface area contributed by atoms with Crippen LogP contribution < -0.4 is 10.0 Å². The first-order valence-corrected chi connectivity index (χ1v) is 11.8. The summed E-state index contributed by atoms with van der Waals surface area (Å²) in [7, 11) is 1.27. The summed E-state index contributed by atoms with van der Waals surface area (Å²) in [6.45, 7) is 13.2. The fourth-order valence-corrected chi connectivity index (χ4v) is 10.1. The van der Waals surface area contributed by atoms with Crippen LogP contribution in [0.4, 0.5) is 0 Å². The Kier molecular flexibility index (Phi) is 5.30. The van der Waals surface area contributed by atoms with Gasteiger partial charge in [-0.2, -0.15) is 0 Å². The first kappa shape index (κ1) is 20.8. The highest BCUT2D eigenvalue weighted by atomic mass is 31.1. The minimum atomic E-state index is -0.464. The zero-order chi connectivity index (χ0) is 20.9. The third-order valence-corrected chi connectivity index (χ3v) is 9.78. The first-order valence-electron chi connectivity index (χ1n) is 10.5. The van der Waals surface area contributed by atoms with Crippen molar-refractivity contribution in [3.05, 3.63) is 48.0 Å². The van der Waals surface area contributed by atoms with Gasteiger partial charge in [-0.15, -0.1) is 0 Å². The van der Waals surface area contributed by atoms with Crippen molar-refractivity contribution < 1.29 is 14.2 Å². The Morgan fingerprint density at radius 3 is 2.14 bits per heavy atom. The van der Waals surface area contributed by atoms with E-state index in [-0.39, 0.29) is 10.3 Å². The van der Waals surface area contributed by atoms with Gasteiger partial charge in [-0.1, -0.05) is 65.9 Å². The van der Waals surface area contributed by atoms with E-state index in [1.54, 1.807) is 7.11 Å². The lowest BCUT2D eigenvalue weighted by atomic mass is 9.91. The standard InChI is InChI=1S/C25H33O3P/c1-18-13-19(15-20(14-18)26-6)21-9-7-8-10-22(21)29-23(2,3)16-25(17-24(29,4)5)27-11-12-28-25/h7-10,13-15H,11-12,16-17H2,1-6H3.